The van der Waals surface area contributed by atoms with Crippen LogP contribution in [-0.2, 0) is 14.3 Å². The van der Waals surface area contributed by atoms with Crippen LogP contribution < -0.4 is 9.64 Å². The van der Waals surface area contributed by atoms with Gasteiger partial charge in [-0.3, -0.25) is 9.59 Å². The van der Waals surface area contributed by atoms with E-state index in [-0.39, 0.29) is 24.8 Å². The number of aliphatic hydroxyl groups excluding tert-OH is 1. The zero-order valence-corrected chi connectivity index (χ0v) is 20.8. The predicted molar refractivity (Wildman–Crippen MR) is 135 cm³/mol. The number of nitrogens with zero attached hydrogens (tertiary/aromatic N) is 3. The van der Waals surface area contributed by atoms with Gasteiger partial charge in [-0.15, -0.1) is 0 Å². The lowest BCUT2D eigenvalue weighted by molar-refractivity contribution is -0.137. The van der Waals surface area contributed by atoms with Gasteiger partial charge >= 0.3 is 0 Å². The van der Waals surface area contributed by atoms with E-state index in [4.69, 9.17) is 21.1 Å². The maximum atomic E-state index is 14.0. The Morgan fingerprint density at radius 2 is 1.92 bits per heavy atom. The van der Waals surface area contributed by atoms with E-state index in [1.165, 1.54) is 11.1 Å². The van der Waals surface area contributed by atoms with E-state index < -0.39 is 29.1 Å². The number of pyridine rings is 1. The SMILES string of the molecule is CC[C@@]12O[C@@](CCOc3ccc(Cl)cn3)(C[C@H]1O)[C@@H]1C(=O)N(c3ccc(C#N)c4ccccc34)C(=O)[C@@H]12. The van der Waals surface area contributed by atoms with E-state index in [1.54, 1.807) is 36.4 Å². The zero-order chi connectivity index (χ0) is 25.9. The second-order valence-electron chi connectivity index (χ2n) is 9.87. The van der Waals surface area contributed by atoms with Crippen molar-refractivity contribution in [3.8, 4) is 11.9 Å². The van der Waals surface area contributed by atoms with Crippen molar-refractivity contribution in [2.24, 2.45) is 11.8 Å². The fraction of sp³-hybridized carbons (Fsp3) is 0.357. The van der Waals surface area contributed by atoms with Crippen molar-refractivity contribution in [2.45, 2.75) is 43.5 Å². The molecular weight excluding hydrogens is 494 g/mol. The Labute approximate surface area is 218 Å². The van der Waals surface area contributed by atoms with Gasteiger partial charge in [0.25, 0.3) is 0 Å². The van der Waals surface area contributed by atoms with Crippen LogP contribution in [0.4, 0.5) is 5.69 Å². The number of carbonyl (C=O) groups excluding carboxylic acids is 2. The second kappa shape index (κ2) is 8.52. The molecule has 3 aromatic rings. The molecule has 2 aromatic carbocycles. The van der Waals surface area contributed by atoms with Gasteiger partial charge in [-0.05, 0) is 24.6 Å². The number of rotatable bonds is 6. The first-order valence-electron chi connectivity index (χ1n) is 12.3. The highest BCUT2D eigenvalue weighted by Gasteiger charge is 2.77. The molecule has 3 fully saturated rings. The lowest BCUT2D eigenvalue weighted by atomic mass is 9.64. The summed E-state index contributed by atoms with van der Waals surface area (Å²) in [6, 6.07) is 16.0. The van der Waals surface area contributed by atoms with Crippen molar-refractivity contribution in [1.29, 1.82) is 5.26 Å². The van der Waals surface area contributed by atoms with E-state index in [2.05, 4.69) is 11.1 Å². The van der Waals surface area contributed by atoms with E-state index in [1.807, 2.05) is 19.1 Å². The van der Waals surface area contributed by atoms with Crippen LogP contribution in [0.3, 0.4) is 0 Å². The molecule has 5 atom stereocenters. The minimum atomic E-state index is -1.15. The maximum Gasteiger partial charge on any atom is 0.240 e. The molecule has 0 aliphatic carbocycles. The third kappa shape index (κ3) is 3.31. The average Bonchev–Trinajstić information content (AvgIpc) is 3.47. The third-order valence-electron chi connectivity index (χ3n) is 8.19. The van der Waals surface area contributed by atoms with Crippen molar-refractivity contribution in [2.75, 3.05) is 11.5 Å². The molecule has 4 heterocycles. The molecule has 3 saturated heterocycles. The Morgan fingerprint density at radius 3 is 2.62 bits per heavy atom. The van der Waals surface area contributed by atoms with Crippen LogP contribution in [0.2, 0.25) is 5.02 Å². The number of nitriles is 1. The van der Waals surface area contributed by atoms with Gasteiger partial charge in [-0.1, -0.05) is 42.8 Å². The minimum Gasteiger partial charge on any atom is -0.478 e. The molecule has 0 spiro atoms. The van der Waals surface area contributed by atoms with Gasteiger partial charge in [0.05, 0.1) is 52.5 Å². The first kappa shape index (κ1) is 23.9. The third-order valence-corrected chi connectivity index (χ3v) is 8.41. The first-order valence-corrected chi connectivity index (χ1v) is 12.7. The molecule has 1 aromatic heterocycles. The van der Waals surface area contributed by atoms with Gasteiger partial charge in [0.1, 0.15) is 5.60 Å². The monoisotopic (exact) mass is 517 g/mol. The fourth-order valence-electron chi connectivity index (χ4n) is 6.57. The Bertz CT molecular complexity index is 1470. The summed E-state index contributed by atoms with van der Waals surface area (Å²) < 4.78 is 12.3. The molecule has 0 radical (unpaired) electrons. The second-order valence-corrected chi connectivity index (χ2v) is 10.3. The Balaban J connectivity index is 1.37. The highest BCUT2D eigenvalue weighted by molar-refractivity contribution is 6.30. The molecule has 1 N–H and O–H groups in total. The summed E-state index contributed by atoms with van der Waals surface area (Å²) in [6.45, 7) is 2.05. The number of imide groups is 1. The van der Waals surface area contributed by atoms with Crippen LogP contribution in [0, 0.1) is 23.2 Å². The Morgan fingerprint density at radius 1 is 1.16 bits per heavy atom. The van der Waals surface area contributed by atoms with Gasteiger partial charge in [0.2, 0.25) is 17.7 Å². The normalized spacial score (nSPS) is 30.1. The number of aromatic nitrogens is 1. The lowest BCUT2D eigenvalue weighted by Crippen LogP contribution is -2.51. The predicted octanol–water partition coefficient (Wildman–Crippen LogP) is 4.02. The summed E-state index contributed by atoms with van der Waals surface area (Å²) in [6.07, 6.45) is 1.52. The number of carbonyl (C=O) groups is 2. The topological polar surface area (TPSA) is 113 Å². The summed E-state index contributed by atoms with van der Waals surface area (Å²) in [7, 11) is 0. The molecule has 3 aliphatic rings. The van der Waals surface area contributed by atoms with Crippen molar-refractivity contribution < 1.29 is 24.2 Å². The van der Waals surface area contributed by atoms with Crippen molar-refractivity contribution in [1.82, 2.24) is 4.98 Å². The van der Waals surface area contributed by atoms with Crippen LogP contribution in [0.25, 0.3) is 10.8 Å². The van der Waals surface area contributed by atoms with Gasteiger partial charge in [-0.2, -0.15) is 5.26 Å². The molecule has 0 saturated carbocycles. The molecule has 6 rings (SSSR count). The zero-order valence-electron chi connectivity index (χ0n) is 20.1. The van der Waals surface area contributed by atoms with Gasteiger partial charge in [-0.25, -0.2) is 9.88 Å². The molecule has 8 nitrogen and oxygen atoms in total. The number of hydrogen-bond acceptors (Lipinski definition) is 7. The largest absolute Gasteiger partial charge is 0.478 e. The Kier molecular flexibility index (Phi) is 5.50. The number of hydrogen-bond donors (Lipinski definition) is 1. The van der Waals surface area contributed by atoms with Crippen LogP contribution in [0.5, 0.6) is 5.88 Å². The molecule has 3 aliphatic heterocycles. The standard InChI is InChI=1S/C28H24ClN3O5/c1-2-28-21(33)13-27(37-28,11-12-36-22-10-8-17(29)15-31-22)23-24(28)26(35)32(25(23)34)20-9-7-16(14-30)18-5-3-4-6-19(18)20/h3-10,15,21,23-24,33H,2,11-13H2,1H3/t21-,23+,24-,27+,28-/m1/s1. The fourth-order valence-corrected chi connectivity index (χ4v) is 6.68. The molecule has 9 heteroatoms. The summed E-state index contributed by atoms with van der Waals surface area (Å²) in [5, 5.41) is 22.5. The highest BCUT2D eigenvalue weighted by atomic mass is 35.5. The van der Waals surface area contributed by atoms with Crippen LogP contribution in [-0.4, -0.2) is 45.8 Å². The number of ether oxygens (including phenoxy) is 2. The van der Waals surface area contributed by atoms with Gasteiger partial charge < -0.3 is 14.6 Å². The van der Waals surface area contributed by atoms with E-state index >= 15 is 0 Å². The van der Waals surface area contributed by atoms with E-state index in [0.717, 1.165) is 0 Å². The van der Waals surface area contributed by atoms with Crippen molar-refractivity contribution in [3.05, 3.63) is 65.3 Å². The molecule has 0 unspecified atom stereocenters. The molecular formula is C28H24ClN3O5. The number of amides is 2. The Hall–Kier alpha value is -3.51. The van der Waals surface area contributed by atoms with Crippen molar-refractivity contribution in [3.63, 3.8) is 0 Å². The number of aliphatic hydroxyl groups is 1. The van der Waals surface area contributed by atoms with E-state index in [0.29, 0.717) is 45.8 Å². The average molecular weight is 518 g/mol. The van der Waals surface area contributed by atoms with Gasteiger partial charge in [0.15, 0.2) is 0 Å². The summed E-state index contributed by atoms with van der Waals surface area (Å²) in [4.78, 5) is 33.4. The van der Waals surface area contributed by atoms with E-state index in [9.17, 15) is 20.0 Å². The van der Waals surface area contributed by atoms with Crippen LogP contribution in [0.1, 0.15) is 31.7 Å². The molecule has 2 amide bonds. The van der Waals surface area contributed by atoms with Crippen LogP contribution >= 0.6 is 11.6 Å². The molecule has 37 heavy (non-hydrogen) atoms. The highest BCUT2D eigenvalue weighted by Crippen LogP contribution is 2.63. The quantitative estimate of drug-likeness (QED) is 0.491. The maximum absolute atomic E-state index is 14.0. The van der Waals surface area contributed by atoms with Crippen LogP contribution in [0.15, 0.2) is 54.7 Å². The number of benzene rings is 2. The number of halogens is 1. The summed E-state index contributed by atoms with van der Waals surface area (Å²) >= 11 is 5.90. The molecule has 188 valence electrons. The van der Waals surface area contributed by atoms with Gasteiger partial charge in [0, 0.05) is 35.9 Å². The molecule has 2 bridgehead atoms. The number of anilines is 1. The first-order chi connectivity index (χ1) is 17.8. The lowest BCUT2D eigenvalue weighted by Gasteiger charge is -2.34. The van der Waals surface area contributed by atoms with Crippen molar-refractivity contribution >= 4 is 39.9 Å². The smallest absolute Gasteiger partial charge is 0.240 e. The number of fused-ring (bicyclic) bond motifs is 6. The minimum absolute atomic E-state index is 0.186. The summed E-state index contributed by atoms with van der Waals surface area (Å²) in [5.41, 5.74) is -1.29. The summed E-state index contributed by atoms with van der Waals surface area (Å²) in [5.74, 6) is -1.91.